The fourth-order valence-corrected chi connectivity index (χ4v) is 1.08. The van der Waals surface area contributed by atoms with Crippen molar-refractivity contribution in [1.29, 1.82) is 0 Å². The van der Waals surface area contributed by atoms with Gasteiger partial charge in [-0.05, 0) is 13.8 Å². The first-order valence-electron chi connectivity index (χ1n) is 5.31. The van der Waals surface area contributed by atoms with E-state index in [2.05, 4.69) is 10.2 Å². The van der Waals surface area contributed by atoms with Gasteiger partial charge in [0.15, 0.2) is 0 Å². The molecule has 86 valence electrons. The lowest BCUT2D eigenvalue weighted by Gasteiger charge is -2.02. The summed E-state index contributed by atoms with van der Waals surface area (Å²) in [4.78, 5) is 0. The number of allylic oxidation sites excluding steroid dienone is 1. The fourth-order valence-electron chi connectivity index (χ4n) is 1.08. The van der Waals surface area contributed by atoms with Gasteiger partial charge in [0.1, 0.15) is 5.82 Å². The van der Waals surface area contributed by atoms with Gasteiger partial charge in [-0.15, -0.1) is 5.10 Å². The number of methoxy groups -OCH3 is 1. The zero-order chi connectivity index (χ0) is 11.8. The first-order chi connectivity index (χ1) is 7.19. The highest BCUT2D eigenvalue weighted by Crippen LogP contribution is 2.12. The summed E-state index contributed by atoms with van der Waals surface area (Å²) in [7, 11) is 1.60. The van der Waals surface area contributed by atoms with Crippen molar-refractivity contribution in [2.24, 2.45) is 0 Å². The molecule has 0 aliphatic rings. The lowest BCUT2D eigenvalue weighted by Crippen LogP contribution is -1.98. The number of ether oxygens (including phenoxy) is 1. The Morgan fingerprint density at radius 2 is 1.93 bits per heavy atom. The minimum Gasteiger partial charge on any atom is -0.467 e. The highest BCUT2D eigenvalue weighted by Gasteiger charge is 2.07. The third-order valence-electron chi connectivity index (χ3n) is 1.62. The van der Waals surface area contributed by atoms with Gasteiger partial charge < -0.3 is 4.74 Å². The summed E-state index contributed by atoms with van der Waals surface area (Å²) < 4.78 is 6.94. The molecule has 0 fully saturated rings. The van der Waals surface area contributed by atoms with E-state index in [1.807, 2.05) is 45.4 Å². The Labute approximate surface area is 92.0 Å². The van der Waals surface area contributed by atoms with Gasteiger partial charge in [0, 0.05) is 12.6 Å². The van der Waals surface area contributed by atoms with E-state index in [1.54, 1.807) is 7.11 Å². The van der Waals surface area contributed by atoms with Crippen molar-refractivity contribution in [2.75, 3.05) is 7.11 Å². The van der Waals surface area contributed by atoms with Crippen LogP contribution >= 0.6 is 0 Å². The standard InChI is InChI=1S/C9H15N3O.C2H6/c1-5-8-10-11-9(13-4)12(8)6-7(2)3;1-2/h6H,5H2,1-4H3;1-2H3. The zero-order valence-electron chi connectivity index (χ0n) is 10.5. The molecule has 0 unspecified atom stereocenters. The van der Waals surface area contributed by atoms with Crippen LogP contribution in [-0.4, -0.2) is 21.9 Å². The molecule has 4 nitrogen and oxygen atoms in total. The maximum atomic E-state index is 5.07. The van der Waals surface area contributed by atoms with Gasteiger partial charge in [-0.25, -0.2) is 0 Å². The quantitative estimate of drug-likeness (QED) is 0.771. The van der Waals surface area contributed by atoms with Crippen molar-refractivity contribution >= 4 is 6.20 Å². The normalized spacial score (nSPS) is 8.93. The van der Waals surface area contributed by atoms with Crippen LogP contribution in [0.3, 0.4) is 0 Å². The van der Waals surface area contributed by atoms with Crippen LogP contribution in [0.5, 0.6) is 6.01 Å². The molecule has 1 aromatic heterocycles. The lowest BCUT2D eigenvalue weighted by atomic mass is 10.4. The number of hydrogen-bond acceptors (Lipinski definition) is 3. The van der Waals surface area contributed by atoms with Gasteiger partial charge in [-0.1, -0.05) is 31.4 Å². The Kier molecular flexibility index (Phi) is 6.42. The molecule has 1 heterocycles. The Morgan fingerprint density at radius 1 is 1.33 bits per heavy atom. The molecule has 0 bridgehead atoms. The molecule has 0 N–H and O–H groups in total. The second-order valence-electron chi connectivity index (χ2n) is 3.03. The Hall–Kier alpha value is -1.32. The average Bonchev–Trinajstić information content (AvgIpc) is 2.62. The summed E-state index contributed by atoms with van der Waals surface area (Å²) in [6.45, 7) is 10.1. The molecule has 1 aromatic rings. The molecule has 1 rings (SSSR count). The number of aryl methyl sites for hydroxylation is 1. The van der Waals surface area contributed by atoms with Crippen molar-refractivity contribution in [2.45, 2.75) is 41.0 Å². The number of rotatable bonds is 3. The van der Waals surface area contributed by atoms with Gasteiger partial charge >= 0.3 is 6.01 Å². The van der Waals surface area contributed by atoms with Crippen molar-refractivity contribution in [3.63, 3.8) is 0 Å². The van der Waals surface area contributed by atoms with Gasteiger partial charge in [0.2, 0.25) is 0 Å². The van der Waals surface area contributed by atoms with Crippen molar-refractivity contribution in [3.8, 4) is 6.01 Å². The SMILES string of the molecule is CC.CCc1nnc(OC)n1C=C(C)C. The highest BCUT2D eigenvalue weighted by atomic mass is 16.5. The zero-order valence-corrected chi connectivity index (χ0v) is 10.5. The second kappa shape index (κ2) is 7.04. The molecule has 0 saturated carbocycles. The molecular formula is C11H21N3O. The van der Waals surface area contributed by atoms with Crippen LogP contribution in [0.1, 0.15) is 40.4 Å². The van der Waals surface area contributed by atoms with E-state index in [4.69, 9.17) is 4.74 Å². The molecule has 0 atom stereocenters. The summed E-state index contributed by atoms with van der Waals surface area (Å²) in [5.74, 6) is 0.915. The molecular weight excluding hydrogens is 190 g/mol. The van der Waals surface area contributed by atoms with E-state index in [-0.39, 0.29) is 0 Å². The Balaban J connectivity index is 0.000000921. The van der Waals surface area contributed by atoms with Crippen molar-refractivity contribution in [3.05, 3.63) is 11.4 Å². The van der Waals surface area contributed by atoms with Gasteiger partial charge in [0.05, 0.1) is 7.11 Å². The van der Waals surface area contributed by atoms with Gasteiger partial charge in [0.25, 0.3) is 0 Å². The van der Waals surface area contributed by atoms with Crippen LogP contribution in [-0.2, 0) is 6.42 Å². The van der Waals surface area contributed by atoms with Crippen LogP contribution < -0.4 is 4.74 Å². The van der Waals surface area contributed by atoms with Gasteiger partial charge in [-0.3, -0.25) is 4.57 Å². The first-order valence-corrected chi connectivity index (χ1v) is 5.31. The van der Waals surface area contributed by atoms with E-state index in [1.165, 1.54) is 5.57 Å². The predicted octanol–water partition coefficient (Wildman–Crippen LogP) is 2.76. The molecule has 0 radical (unpaired) electrons. The highest BCUT2D eigenvalue weighted by molar-refractivity contribution is 5.32. The topological polar surface area (TPSA) is 39.9 Å². The summed E-state index contributed by atoms with van der Waals surface area (Å²) in [5.41, 5.74) is 1.19. The number of hydrogen-bond donors (Lipinski definition) is 0. The molecule has 0 saturated heterocycles. The molecule has 0 aliphatic carbocycles. The maximum absolute atomic E-state index is 5.07. The molecule has 0 amide bonds. The van der Waals surface area contributed by atoms with Crippen LogP contribution in [0.4, 0.5) is 0 Å². The maximum Gasteiger partial charge on any atom is 0.320 e. The molecule has 15 heavy (non-hydrogen) atoms. The van der Waals surface area contributed by atoms with E-state index >= 15 is 0 Å². The predicted molar refractivity (Wildman–Crippen MR) is 62.9 cm³/mol. The summed E-state index contributed by atoms with van der Waals surface area (Å²) in [5, 5.41) is 7.91. The third kappa shape index (κ3) is 3.73. The summed E-state index contributed by atoms with van der Waals surface area (Å²) in [6.07, 6.45) is 2.82. The number of aromatic nitrogens is 3. The molecule has 0 aromatic carbocycles. The lowest BCUT2D eigenvalue weighted by molar-refractivity contribution is 0.373. The smallest absolute Gasteiger partial charge is 0.320 e. The Morgan fingerprint density at radius 3 is 2.33 bits per heavy atom. The Bertz CT molecular complexity index is 290. The van der Waals surface area contributed by atoms with Crippen LogP contribution in [0.2, 0.25) is 0 Å². The monoisotopic (exact) mass is 211 g/mol. The second-order valence-corrected chi connectivity index (χ2v) is 3.03. The van der Waals surface area contributed by atoms with Gasteiger partial charge in [-0.2, -0.15) is 0 Å². The average molecular weight is 211 g/mol. The van der Waals surface area contributed by atoms with E-state index in [0.717, 1.165) is 12.2 Å². The molecule has 4 heteroatoms. The van der Waals surface area contributed by atoms with E-state index in [9.17, 15) is 0 Å². The first kappa shape index (κ1) is 13.7. The minimum absolute atomic E-state index is 0.540. The molecule has 0 aliphatic heterocycles. The van der Waals surface area contributed by atoms with Crippen LogP contribution in [0, 0.1) is 0 Å². The fraction of sp³-hybridized carbons (Fsp3) is 0.636. The molecule has 0 spiro atoms. The largest absolute Gasteiger partial charge is 0.467 e. The van der Waals surface area contributed by atoms with Crippen molar-refractivity contribution in [1.82, 2.24) is 14.8 Å². The van der Waals surface area contributed by atoms with E-state index in [0.29, 0.717) is 6.01 Å². The van der Waals surface area contributed by atoms with Crippen LogP contribution in [0.15, 0.2) is 5.57 Å². The number of nitrogens with zero attached hydrogens (tertiary/aromatic N) is 3. The minimum atomic E-state index is 0.540. The van der Waals surface area contributed by atoms with Crippen LogP contribution in [0.25, 0.3) is 6.20 Å². The third-order valence-corrected chi connectivity index (χ3v) is 1.62. The van der Waals surface area contributed by atoms with Crippen molar-refractivity contribution < 1.29 is 4.74 Å². The summed E-state index contributed by atoms with van der Waals surface area (Å²) in [6, 6.07) is 0.540. The summed E-state index contributed by atoms with van der Waals surface area (Å²) >= 11 is 0. The van der Waals surface area contributed by atoms with E-state index < -0.39 is 0 Å².